The molecule has 1 N–H and O–H groups in total. The smallest absolute Gasteiger partial charge is 0.246 e. The molecule has 1 fully saturated rings. The molecule has 4 nitrogen and oxygen atoms in total. The van der Waals surface area contributed by atoms with Crippen molar-refractivity contribution in [1.82, 2.24) is 10.2 Å². The van der Waals surface area contributed by atoms with Crippen LogP contribution in [0, 0.1) is 0 Å². The van der Waals surface area contributed by atoms with Crippen LogP contribution in [0.3, 0.4) is 0 Å². The van der Waals surface area contributed by atoms with Crippen LogP contribution >= 0.6 is 15.9 Å². The maximum Gasteiger partial charge on any atom is 0.246 e. The van der Waals surface area contributed by atoms with Gasteiger partial charge in [0.05, 0.1) is 7.11 Å². The molecule has 1 aliphatic heterocycles. The molecular weight excluding hydrogens is 332 g/mol. The summed E-state index contributed by atoms with van der Waals surface area (Å²) in [4.78, 5) is 14.1. The van der Waals surface area contributed by atoms with Crippen molar-refractivity contribution in [2.24, 2.45) is 0 Å². The van der Waals surface area contributed by atoms with Crippen LogP contribution in [-0.2, 0) is 4.79 Å². The first kappa shape index (κ1) is 16.0. The molecule has 0 unspecified atom stereocenters. The average Bonchev–Trinajstić information content (AvgIpc) is 2.52. The van der Waals surface area contributed by atoms with Crippen LogP contribution in [-0.4, -0.2) is 44.1 Å². The third-order valence-corrected chi connectivity index (χ3v) is 4.29. The number of halogens is 1. The number of benzene rings is 1. The number of rotatable bonds is 4. The van der Waals surface area contributed by atoms with Crippen molar-refractivity contribution >= 4 is 27.9 Å². The maximum absolute atomic E-state index is 12.3. The molecule has 5 heteroatoms. The Morgan fingerprint density at radius 2 is 2.14 bits per heavy atom. The molecule has 1 aromatic rings. The molecule has 21 heavy (non-hydrogen) atoms. The fourth-order valence-electron chi connectivity index (χ4n) is 2.49. The zero-order chi connectivity index (χ0) is 15.2. The van der Waals surface area contributed by atoms with Gasteiger partial charge in [0.2, 0.25) is 5.91 Å². The number of ether oxygens (including phenoxy) is 1. The van der Waals surface area contributed by atoms with E-state index in [4.69, 9.17) is 4.74 Å². The third kappa shape index (κ3) is 4.32. The highest BCUT2D eigenvalue weighted by Gasteiger charge is 2.20. The normalized spacial score (nSPS) is 16.1. The molecule has 114 valence electrons. The Kier molecular flexibility index (Phi) is 5.82. The van der Waals surface area contributed by atoms with E-state index in [1.165, 1.54) is 0 Å². The number of methoxy groups -OCH3 is 1. The number of hydrogen-bond acceptors (Lipinski definition) is 3. The van der Waals surface area contributed by atoms with Crippen molar-refractivity contribution in [2.75, 3.05) is 27.2 Å². The van der Waals surface area contributed by atoms with Gasteiger partial charge in [0.15, 0.2) is 0 Å². The second-order valence-electron chi connectivity index (χ2n) is 5.15. The highest BCUT2D eigenvalue weighted by Crippen LogP contribution is 2.24. The van der Waals surface area contributed by atoms with E-state index in [1.807, 2.05) is 36.2 Å². The highest BCUT2D eigenvalue weighted by atomic mass is 79.9. The standard InChI is InChI=1S/C16H21BrN2O2/c1-19(14-7-9-18-10-8-14)16(20)6-3-12-11-13(17)4-5-15(12)21-2/h3-6,11,14,18H,7-10H2,1-2H3/b6-3+. The lowest BCUT2D eigenvalue weighted by Gasteiger charge is -2.30. The summed E-state index contributed by atoms with van der Waals surface area (Å²) >= 11 is 3.43. The minimum absolute atomic E-state index is 0.0314. The van der Waals surface area contributed by atoms with Gasteiger partial charge in [-0.15, -0.1) is 0 Å². The zero-order valence-electron chi connectivity index (χ0n) is 12.4. The van der Waals surface area contributed by atoms with E-state index in [9.17, 15) is 4.79 Å². The number of carbonyl (C=O) groups is 1. The number of nitrogens with one attached hydrogen (secondary N) is 1. The second kappa shape index (κ2) is 7.61. The lowest BCUT2D eigenvalue weighted by Crippen LogP contribution is -2.43. The van der Waals surface area contributed by atoms with E-state index in [2.05, 4.69) is 21.2 Å². The molecule has 1 aromatic carbocycles. The minimum atomic E-state index is 0.0314. The molecule has 1 saturated heterocycles. The topological polar surface area (TPSA) is 41.6 Å². The van der Waals surface area contributed by atoms with Crippen molar-refractivity contribution in [3.63, 3.8) is 0 Å². The van der Waals surface area contributed by atoms with Crippen molar-refractivity contribution in [3.8, 4) is 5.75 Å². The van der Waals surface area contributed by atoms with Crippen LogP contribution in [0.5, 0.6) is 5.75 Å². The van der Waals surface area contributed by atoms with Gasteiger partial charge >= 0.3 is 0 Å². The molecule has 0 radical (unpaired) electrons. The summed E-state index contributed by atoms with van der Waals surface area (Å²) in [5, 5.41) is 3.31. The largest absolute Gasteiger partial charge is 0.496 e. The van der Waals surface area contributed by atoms with Crippen molar-refractivity contribution in [1.29, 1.82) is 0 Å². The molecule has 1 amide bonds. The Bertz CT molecular complexity index is 525. The summed E-state index contributed by atoms with van der Waals surface area (Å²) in [6.45, 7) is 1.96. The Hall–Kier alpha value is -1.33. The molecule has 0 spiro atoms. The predicted molar refractivity (Wildman–Crippen MR) is 88.4 cm³/mol. The van der Waals surface area contributed by atoms with Gasteiger partial charge in [0, 0.05) is 29.2 Å². The van der Waals surface area contributed by atoms with E-state index in [0.717, 1.165) is 41.7 Å². The zero-order valence-corrected chi connectivity index (χ0v) is 14.0. The summed E-state index contributed by atoms with van der Waals surface area (Å²) in [5.74, 6) is 0.788. The van der Waals surface area contributed by atoms with Crippen molar-refractivity contribution in [3.05, 3.63) is 34.3 Å². The monoisotopic (exact) mass is 352 g/mol. The van der Waals surface area contributed by atoms with Crippen LogP contribution in [0.1, 0.15) is 18.4 Å². The second-order valence-corrected chi connectivity index (χ2v) is 6.07. The molecular formula is C16H21BrN2O2. The number of piperidine rings is 1. The molecule has 0 saturated carbocycles. The first-order valence-corrected chi connectivity index (χ1v) is 7.90. The highest BCUT2D eigenvalue weighted by molar-refractivity contribution is 9.10. The SMILES string of the molecule is COc1ccc(Br)cc1/C=C/C(=O)N(C)C1CCNCC1. The van der Waals surface area contributed by atoms with Crippen LogP contribution in [0.4, 0.5) is 0 Å². The van der Waals surface area contributed by atoms with Gasteiger partial charge < -0.3 is 15.0 Å². The fourth-order valence-corrected chi connectivity index (χ4v) is 2.87. The van der Waals surface area contributed by atoms with E-state index in [-0.39, 0.29) is 5.91 Å². The Morgan fingerprint density at radius 3 is 2.81 bits per heavy atom. The Labute approximate surface area is 134 Å². The van der Waals surface area contributed by atoms with Crippen LogP contribution in [0.2, 0.25) is 0 Å². The summed E-state index contributed by atoms with van der Waals surface area (Å²) in [6.07, 6.45) is 5.45. The Morgan fingerprint density at radius 1 is 1.43 bits per heavy atom. The van der Waals surface area contributed by atoms with Gasteiger partial charge in [-0.2, -0.15) is 0 Å². The van der Waals surface area contributed by atoms with Gasteiger partial charge in [-0.25, -0.2) is 0 Å². The number of amides is 1. The van der Waals surface area contributed by atoms with Crippen LogP contribution < -0.4 is 10.1 Å². The molecule has 1 heterocycles. The Balaban J connectivity index is 2.05. The van der Waals surface area contributed by atoms with Gasteiger partial charge in [-0.05, 0) is 50.2 Å². The van der Waals surface area contributed by atoms with E-state index >= 15 is 0 Å². The number of nitrogens with zero attached hydrogens (tertiary/aromatic N) is 1. The maximum atomic E-state index is 12.3. The minimum Gasteiger partial charge on any atom is -0.496 e. The summed E-state index contributed by atoms with van der Waals surface area (Å²) in [7, 11) is 3.50. The molecule has 0 aliphatic carbocycles. The van der Waals surface area contributed by atoms with Gasteiger partial charge in [0.25, 0.3) is 0 Å². The quantitative estimate of drug-likeness (QED) is 0.847. The number of likely N-dealkylation sites (N-methyl/N-ethyl adjacent to an activating group) is 1. The molecule has 0 atom stereocenters. The predicted octanol–water partition coefficient (Wildman–Crippen LogP) is 2.68. The van der Waals surface area contributed by atoms with Crippen LogP contribution in [0.15, 0.2) is 28.7 Å². The van der Waals surface area contributed by atoms with Gasteiger partial charge in [-0.3, -0.25) is 4.79 Å². The lowest BCUT2D eigenvalue weighted by molar-refractivity contribution is -0.127. The van der Waals surface area contributed by atoms with E-state index in [0.29, 0.717) is 6.04 Å². The summed E-state index contributed by atoms with van der Waals surface area (Å²) in [5.41, 5.74) is 0.888. The molecule has 1 aliphatic rings. The van der Waals surface area contributed by atoms with Gasteiger partial charge in [0.1, 0.15) is 5.75 Å². The van der Waals surface area contributed by atoms with Crippen LogP contribution in [0.25, 0.3) is 6.08 Å². The van der Waals surface area contributed by atoms with E-state index < -0.39 is 0 Å². The molecule has 2 rings (SSSR count). The van der Waals surface area contributed by atoms with E-state index in [1.54, 1.807) is 13.2 Å². The summed E-state index contributed by atoms with van der Waals surface area (Å²) < 4.78 is 6.26. The first-order valence-electron chi connectivity index (χ1n) is 7.11. The van der Waals surface area contributed by atoms with Crippen molar-refractivity contribution < 1.29 is 9.53 Å². The fraction of sp³-hybridized carbons (Fsp3) is 0.438. The average molecular weight is 353 g/mol. The number of hydrogen-bond donors (Lipinski definition) is 1. The molecule has 0 aromatic heterocycles. The number of carbonyl (C=O) groups excluding carboxylic acids is 1. The summed E-state index contributed by atoms with van der Waals surface area (Å²) in [6, 6.07) is 6.06. The van der Waals surface area contributed by atoms with Gasteiger partial charge in [-0.1, -0.05) is 15.9 Å². The third-order valence-electron chi connectivity index (χ3n) is 3.80. The molecule has 0 bridgehead atoms. The van der Waals surface area contributed by atoms with Crippen molar-refractivity contribution in [2.45, 2.75) is 18.9 Å². The first-order chi connectivity index (χ1) is 10.1. The lowest BCUT2D eigenvalue weighted by atomic mass is 10.1.